The van der Waals surface area contributed by atoms with Gasteiger partial charge in [0.15, 0.2) is 5.17 Å². The van der Waals surface area contributed by atoms with E-state index in [2.05, 4.69) is 10.3 Å². The summed E-state index contributed by atoms with van der Waals surface area (Å²) < 4.78 is 6.19. The second-order valence-electron chi connectivity index (χ2n) is 7.90. The van der Waals surface area contributed by atoms with E-state index in [0.717, 1.165) is 33.2 Å². The zero-order valence-electron chi connectivity index (χ0n) is 18.4. The fourth-order valence-electron chi connectivity index (χ4n) is 3.67. The Bertz CT molecular complexity index is 1440. The molecule has 0 spiro atoms. The van der Waals surface area contributed by atoms with Gasteiger partial charge in [0.2, 0.25) is 0 Å². The lowest BCUT2D eigenvalue weighted by Crippen LogP contribution is -2.19. The van der Waals surface area contributed by atoms with Gasteiger partial charge in [0.1, 0.15) is 12.4 Å². The second kappa shape index (κ2) is 9.75. The van der Waals surface area contributed by atoms with Crippen molar-refractivity contribution < 1.29 is 9.53 Å². The molecule has 1 heterocycles. The number of fused-ring (bicyclic) bond motifs is 1. The van der Waals surface area contributed by atoms with Crippen molar-refractivity contribution in [1.29, 1.82) is 0 Å². The number of aliphatic imine (C=N–C) groups is 1. The predicted molar refractivity (Wildman–Crippen MR) is 142 cm³/mol. The van der Waals surface area contributed by atoms with Crippen molar-refractivity contribution in [3.8, 4) is 5.75 Å². The molecule has 0 atom stereocenters. The van der Waals surface area contributed by atoms with Crippen LogP contribution in [0.5, 0.6) is 5.75 Å². The Morgan fingerprint density at radius 3 is 2.56 bits per heavy atom. The molecule has 1 saturated heterocycles. The Morgan fingerprint density at radius 2 is 1.74 bits per heavy atom. The summed E-state index contributed by atoms with van der Waals surface area (Å²) in [5, 5.41) is 6.15. The Kier molecular flexibility index (Phi) is 6.39. The van der Waals surface area contributed by atoms with Crippen LogP contribution in [0.1, 0.15) is 16.7 Å². The lowest BCUT2D eigenvalue weighted by atomic mass is 10.0. The van der Waals surface area contributed by atoms with E-state index in [-0.39, 0.29) is 5.91 Å². The van der Waals surface area contributed by atoms with Crippen LogP contribution in [0.25, 0.3) is 16.8 Å². The lowest BCUT2D eigenvalue weighted by Gasteiger charge is -2.13. The Balaban J connectivity index is 1.49. The molecule has 0 aromatic heterocycles. The first-order valence-electron chi connectivity index (χ1n) is 10.8. The van der Waals surface area contributed by atoms with Crippen molar-refractivity contribution >= 4 is 57.0 Å². The van der Waals surface area contributed by atoms with E-state index in [1.807, 2.05) is 97.9 Å². The monoisotopic (exact) mass is 484 g/mol. The molecule has 168 valence electrons. The van der Waals surface area contributed by atoms with E-state index in [1.54, 1.807) is 0 Å². The molecule has 1 N–H and O–H groups in total. The average molecular weight is 485 g/mol. The molecule has 1 fully saturated rings. The number of nitrogens with one attached hydrogen (secondary N) is 1. The number of thioether (sulfide) groups is 1. The number of halogens is 1. The Labute approximate surface area is 207 Å². The van der Waals surface area contributed by atoms with Gasteiger partial charge in [-0.05, 0) is 59.8 Å². The second-order valence-corrected chi connectivity index (χ2v) is 9.33. The SMILES string of the molecule is Cc1ccc(N=C2NC(=O)/C(=C/c3c(OCc4ccccc4Cl)ccc4ccccc34)S2)cc1. The minimum Gasteiger partial charge on any atom is -0.488 e. The lowest BCUT2D eigenvalue weighted by molar-refractivity contribution is -0.115. The van der Waals surface area contributed by atoms with Gasteiger partial charge in [-0.15, -0.1) is 0 Å². The van der Waals surface area contributed by atoms with Gasteiger partial charge < -0.3 is 10.1 Å². The van der Waals surface area contributed by atoms with Crippen LogP contribution in [0.2, 0.25) is 5.02 Å². The third kappa shape index (κ3) is 4.86. The molecule has 0 aliphatic carbocycles. The van der Waals surface area contributed by atoms with Crippen molar-refractivity contribution in [2.45, 2.75) is 13.5 Å². The number of hydrogen-bond donors (Lipinski definition) is 1. The molecule has 0 saturated carbocycles. The maximum Gasteiger partial charge on any atom is 0.264 e. The summed E-state index contributed by atoms with van der Waals surface area (Å²) in [7, 11) is 0. The molecular weight excluding hydrogens is 464 g/mol. The quantitative estimate of drug-likeness (QED) is 0.303. The van der Waals surface area contributed by atoms with E-state index >= 15 is 0 Å². The molecule has 5 rings (SSSR count). The molecule has 6 heteroatoms. The van der Waals surface area contributed by atoms with Crippen LogP contribution in [-0.2, 0) is 11.4 Å². The molecular formula is C28H21ClN2O2S. The summed E-state index contributed by atoms with van der Waals surface area (Å²) in [6.07, 6.45) is 1.88. The number of nitrogens with zero attached hydrogens (tertiary/aromatic N) is 1. The van der Waals surface area contributed by atoms with E-state index < -0.39 is 0 Å². The molecule has 1 amide bonds. The number of amidine groups is 1. The summed E-state index contributed by atoms with van der Waals surface area (Å²) >= 11 is 7.63. The normalized spacial score (nSPS) is 15.8. The van der Waals surface area contributed by atoms with Gasteiger partial charge in [-0.1, -0.05) is 77.8 Å². The van der Waals surface area contributed by atoms with Crippen LogP contribution in [0, 0.1) is 6.92 Å². The number of ether oxygens (including phenoxy) is 1. The number of benzene rings is 4. The van der Waals surface area contributed by atoms with Crippen LogP contribution in [0.3, 0.4) is 0 Å². The molecule has 4 aromatic carbocycles. The van der Waals surface area contributed by atoms with E-state index in [0.29, 0.717) is 27.5 Å². The maximum atomic E-state index is 12.8. The standard InChI is InChI=1S/C28H21ClN2O2S/c1-18-10-13-21(14-11-18)30-28-31-27(32)26(34-28)16-23-22-8-4-2-6-19(22)12-15-25(23)33-17-20-7-3-5-9-24(20)29/h2-16H,17H2,1H3,(H,30,31,32)/b26-16-. The first-order chi connectivity index (χ1) is 16.6. The van der Waals surface area contributed by atoms with Crippen molar-refractivity contribution in [3.05, 3.63) is 112 Å². The highest BCUT2D eigenvalue weighted by molar-refractivity contribution is 8.18. The molecule has 1 aliphatic heterocycles. The van der Waals surface area contributed by atoms with E-state index in [1.165, 1.54) is 11.8 Å². The van der Waals surface area contributed by atoms with Gasteiger partial charge in [-0.3, -0.25) is 4.79 Å². The molecule has 0 bridgehead atoms. The average Bonchev–Trinajstić information content (AvgIpc) is 3.19. The Hall–Kier alpha value is -3.54. The number of hydrogen-bond acceptors (Lipinski definition) is 4. The fraction of sp³-hybridized carbons (Fsp3) is 0.0714. The fourth-order valence-corrected chi connectivity index (χ4v) is 4.68. The van der Waals surface area contributed by atoms with Crippen LogP contribution in [0.4, 0.5) is 5.69 Å². The van der Waals surface area contributed by atoms with Gasteiger partial charge in [0, 0.05) is 16.1 Å². The zero-order chi connectivity index (χ0) is 23.5. The summed E-state index contributed by atoms with van der Waals surface area (Å²) in [5.74, 6) is 0.504. The molecule has 34 heavy (non-hydrogen) atoms. The largest absolute Gasteiger partial charge is 0.488 e. The zero-order valence-corrected chi connectivity index (χ0v) is 20.0. The van der Waals surface area contributed by atoms with Gasteiger partial charge in [0.05, 0.1) is 10.6 Å². The summed E-state index contributed by atoms with van der Waals surface area (Å²) in [5.41, 5.74) is 3.70. The number of carbonyl (C=O) groups excluding carboxylic acids is 1. The third-order valence-corrected chi connectivity index (χ3v) is 6.74. The Morgan fingerprint density at radius 1 is 0.971 bits per heavy atom. The van der Waals surface area contributed by atoms with E-state index in [4.69, 9.17) is 16.3 Å². The van der Waals surface area contributed by atoms with Crippen molar-refractivity contribution in [1.82, 2.24) is 5.32 Å². The van der Waals surface area contributed by atoms with Gasteiger partial charge in [0.25, 0.3) is 5.91 Å². The highest BCUT2D eigenvalue weighted by Gasteiger charge is 2.25. The minimum absolute atomic E-state index is 0.180. The smallest absolute Gasteiger partial charge is 0.264 e. The number of amides is 1. The summed E-state index contributed by atoms with van der Waals surface area (Å²) in [4.78, 5) is 17.9. The van der Waals surface area contributed by atoms with Crippen molar-refractivity contribution in [2.75, 3.05) is 0 Å². The summed E-state index contributed by atoms with van der Waals surface area (Å²) in [6, 6.07) is 27.5. The topological polar surface area (TPSA) is 50.7 Å². The van der Waals surface area contributed by atoms with Gasteiger partial charge in [-0.2, -0.15) is 0 Å². The van der Waals surface area contributed by atoms with Crippen molar-refractivity contribution in [3.63, 3.8) is 0 Å². The van der Waals surface area contributed by atoms with Gasteiger partial charge >= 0.3 is 0 Å². The van der Waals surface area contributed by atoms with Gasteiger partial charge in [-0.25, -0.2) is 4.99 Å². The van der Waals surface area contributed by atoms with Crippen LogP contribution in [-0.4, -0.2) is 11.1 Å². The molecule has 0 radical (unpaired) electrons. The first-order valence-corrected chi connectivity index (χ1v) is 12.0. The minimum atomic E-state index is -0.180. The molecule has 4 nitrogen and oxygen atoms in total. The predicted octanol–water partition coefficient (Wildman–Crippen LogP) is 7.27. The molecule has 4 aromatic rings. The van der Waals surface area contributed by atoms with Crippen LogP contribution >= 0.6 is 23.4 Å². The number of carbonyl (C=O) groups is 1. The third-order valence-electron chi connectivity index (χ3n) is 5.46. The summed E-state index contributed by atoms with van der Waals surface area (Å²) in [6.45, 7) is 2.35. The van der Waals surface area contributed by atoms with Crippen molar-refractivity contribution in [2.24, 2.45) is 4.99 Å². The molecule has 0 unspecified atom stereocenters. The highest BCUT2D eigenvalue weighted by atomic mass is 35.5. The van der Waals surface area contributed by atoms with Crippen LogP contribution < -0.4 is 10.1 Å². The van der Waals surface area contributed by atoms with E-state index in [9.17, 15) is 4.79 Å². The molecule has 1 aliphatic rings. The maximum absolute atomic E-state index is 12.8. The highest BCUT2D eigenvalue weighted by Crippen LogP contribution is 2.35. The first kappa shape index (κ1) is 22.3. The van der Waals surface area contributed by atoms with Crippen LogP contribution in [0.15, 0.2) is 94.8 Å². The number of aryl methyl sites for hydroxylation is 1. The number of rotatable bonds is 5.